The van der Waals surface area contributed by atoms with E-state index in [1.165, 1.54) is 34.3 Å². The molecule has 11 heteroatoms. The van der Waals surface area contributed by atoms with Gasteiger partial charge in [0.2, 0.25) is 11.0 Å². The van der Waals surface area contributed by atoms with E-state index in [2.05, 4.69) is 5.32 Å². The second kappa shape index (κ2) is 11.1. The number of hydrogen-bond acceptors (Lipinski definition) is 5. The Bertz CT molecular complexity index is 1550. The molecule has 1 N–H and O–H groups in total. The second-order valence-electron chi connectivity index (χ2n) is 9.23. The van der Waals surface area contributed by atoms with Crippen LogP contribution in [0.1, 0.15) is 29.5 Å². The van der Waals surface area contributed by atoms with Crippen molar-refractivity contribution in [3.05, 3.63) is 95.6 Å². The first-order chi connectivity index (χ1) is 18.6. The van der Waals surface area contributed by atoms with Crippen LogP contribution in [0.25, 0.3) is 11.0 Å². The van der Waals surface area contributed by atoms with Crippen molar-refractivity contribution in [3.8, 4) is 0 Å². The minimum Gasteiger partial charge on any atom is -0.443 e. The number of rotatable bonds is 8. The van der Waals surface area contributed by atoms with E-state index in [-0.39, 0.29) is 24.1 Å². The molecule has 0 radical (unpaired) electrons. The first-order valence-corrected chi connectivity index (χ1v) is 14.7. The highest BCUT2D eigenvalue weighted by Crippen LogP contribution is 2.32. The first-order valence-electron chi connectivity index (χ1n) is 12.3. The lowest BCUT2D eigenvalue weighted by Gasteiger charge is -2.22. The van der Waals surface area contributed by atoms with E-state index in [1.54, 1.807) is 24.3 Å². The summed E-state index contributed by atoms with van der Waals surface area (Å²) in [4.78, 5) is 13.9. The molecule has 1 aliphatic rings. The van der Waals surface area contributed by atoms with Crippen molar-refractivity contribution in [2.75, 3.05) is 6.54 Å². The van der Waals surface area contributed by atoms with Gasteiger partial charge in [-0.15, -0.1) is 11.8 Å². The monoisotopic (exact) mass is 574 g/mol. The van der Waals surface area contributed by atoms with E-state index in [1.807, 2.05) is 24.3 Å². The van der Waals surface area contributed by atoms with Gasteiger partial charge in [-0.2, -0.15) is 17.5 Å². The average molecular weight is 575 g/mol. The van der Waals surface area contributed by atoms with Crippen molar-refractivity contribution in [2.45, 2.75) is 47.3 Å². The number of carbonyl (C=O) groups excluding carboxylic acids is 1. The summed E-state index contributed by atoms with van der Waals surface area (Å²) in [6, 6.07) is 20.2. The normalized spacial score (nSPS) is 16.5. The maximum absolute atomic E-state index is 13.3. The van der Waals surface area contributed by atoms with Crippen LogP contribution in [0.5, 0.6) is 0 Å². The highest BCUT2D eigenvalue weighted by atomic mass is 32.2. The molecule has 1 atom stereocenters. The molecule has 0 spiro atoms. The summed E-state index contributed by atoms with van der Waals surface area (Å²) in [5.74, 6) is 0.111. The van der Waals surface area contributed by atoms with E-state index in [0.717, 1.165) is 28.2 Å². The third-order valence-corrected chi connectivity index (χ3v) is 9.35. The molecule has 2 heterocycles. The quantitative estimate of drug-likeness (QED) is 0.253. The zero-order valence-corrected chi connectivity index (χ0v) is 22.3. The van der Waals surface area contributed by atoms with Gasteiger partial charge < -0.3 is 9.73 Å². The molecule has 204 valence electrons. The third-order valence-electron chi connectivity index (χ3n) is 6.52. The summed E-state index contributed by atoms with van der Waals surface area (Å²) in [7, 11) is -3.99. The van der Waals surface area contributed by atoms with Crippen LogP contribution in [0.4, 0.5) is 13.2 Å². The number of benzene rings is 3. The summed E-state index contributed by atoms with van der Waals surface area (Å²) < 4.78 is 71.7. The lowest BCUT2D eigenvalue weighted by Crippen LogP contribution is -2.45. The number of thioether (sulfide) groups is 1. The number of sulfonamides is 1. The molecule has 0 bridgehead atoms. The number of amides is 1. The number of furan rings is 1. The number of nitrogens with zero attached hydrogens (tertiary/aromatic N) is 1. The lowest BCUT2D eigenvalue weighted by atomic mass is 10.1. The Morgan fingerprint density at radius 1 is 1.00 bits per heavy atom. The number of alkyl halides is 3. The third kappa shape index (κ3) is 6.15. The van der Waals surface area contributed by atoms with Crippen LogP contribution < -0.4 is 5.32 Å². The van der Waals surface area contributed by atoms with Crippen LogP contribution in [-0.4, -0.2) is 31.2 Å². The maximum atomic E-state index is 13.3. The number of fused-ring (bicyclic) bond motifs is 1. The van der Waals surface area contributed by atoms with Crippen molar-refractivity contribution >= 4 is 38.7 Å². The first kappa shape index (κ1) is 27.3. The van der Waals surface area contributed by atoms with E-state index < -0.39 is 27.8 Å². The molecule has 0 unspecified atom stereocenters. The predicted octanol–water partition coefficient (Wildman–Crippen LogP) is 6.21. The number of para-hydroxylation sites is 1. The number of carbonyl (C=O) groups is 1. The minimum absolute atomic E-state index is 0.179. The standard InChI is InChI=1S/C28H25F3N2O4S2/c29-28(30,31)22-12-10-19(11-13-22)18-38-23-7-3-5-20(15-23)17-32-27(34)24-8-4-14-33(24)39(35,36)26-16-21-6-1-2-9-25(21)37-26/h1-3,5-7,9-13,15-16,24H,4,8,14,17-18H2,(H,32,34)/t24-/m0/s1. The van der Waals surface area contributed by atoms with E-state index >= 15 is 0 Å². The molecule has 1 amide bonds. The molecule has 1 aromatic heterocycles. The summed E-state index contributed by atoms with van der Waals surface area (Å²) >= 11 is 1.47. The van der Waals surface area contributed by atoms with E-state index in [9.17, 15) is 26.4 Å². The molecule has 6 nitrogen and oxygen atoms in total. The largest absolute Gasteiger partial charge is 0.443 e. The van der Waals surface area contributed by atoms with Gasteiger partial charge >= 0.3 is 6.18 Å². The van der Waals surface area contributed by atoms with Gasteiger partial charge in [-0.3, -0.25) is 4.79 Å². The molecule has 0 saturated carbocycles. The van der Waals surface area contributed by atoms with Gasteiger partial charge in [0.05, 0.1) is 5.56 Å². The average Bonchev–Trinajstić information content (AvgIpc) is 3.59. The van der Waals surface area contributed by atoms with E-state index in [4.69, 9.17) is 4.42 Å². The van der Waals surface area contributed by atoms with Crippen molar-refractivity contribution in [1.29, 1.82) is 0 Å². The Morgan fingerprint density at radius 2 is 1.77 bits per heavy atom. The molecular weight excluding hydrogens is 549 g/mol. The molecule has 5 rings (SSSR count). The van der Waals surface area contributed by atoms with Crippen LogP contribution in [0.2, 0.25) is 0 Å². The van der Waals surface area contributed by atoms with Crippen LogP contribution in [0.3, 0.4) is 0 Å². The van der Waals surface area contributed by atoms with Crippen molar-refractivity contribution in [2.24, 2.45) is 0 Å². The lowest BCUT2D eigenvalue weighted by molar-refractivity contribution is -0.137. The van der Waals surface area contributed by atoms with Crippen LogP contribution >= 0.6 is 11.8 Å². The molecule has 3 aromatic carbocycles. The van der Waals surface area contributed by atoms with Crippen LogP contribution in [-0.2, 0) is 33.3 Å². The second-order valence-corrected chi connectivity index (χ2v) is 12.1. The van der Waals surface area contributed by atoms with Gasteiger partial charge in [-0.25, -0.2) is 8.42 Å². The van der Waals surface area contributed by atoms with Crippen LogP contribution in [0, 0.1) is 0 Å². The summed E-state index contributed by atoms with van der Waals surface area (Å²) in [6.45, 7) is 0.441. The number of hydrogen-bond donors (Lipinski definition) is 1. The van der Waals surface area contributed by atoms with Crippen molar-refractivity contribution < 1.29 is 30.8 Å². The summed E-state index contributed by atoms with van der Waals surface area (Å²) in [5, 5.41) is 3.34. The predicted molar refractivity (Wildman–Crippen MR) is 142 cm³/mol. The zero-order valence-electron chi connectivity index (χ0n) is 20.6. The van der Waals surface area contributed by atoms with Gasteiger partial charge in [0.1, 0.15) is 11.6 Å². The van der Waals surface area contributed by atoms with Crippen molar-refractivity contribution in [3.63, 3.8) is 0 Å². The smallest absolute Gasteiger partial charge is 0.416 e. The van der Waals surface area contributed by atoms with Gasteiger partial charge in [0, 0.05) is 35.2 Å². The highest BCUT2D eigenvalue weighted by Gasteiger charge is 2.41. The molecule has 0 aliphatic carbocycles. The SMILES string of the molecule is O=C(NCc1cccc(SCc2ccc(C(F)(F)F)cc2)c1)[C@@H]1CCCN1S(=O)(=O)c1cc2ccccc2o1. The Hall–Kier alpha value is -3.28. The molecule has 1 aliphatic heterocycles. The summed E-state index contributed by atoms with van der Waals surface area (Å²) in [6.07, 6.45) is -3.39. The Labute approximate surface area is 228 Å². The maximum Gasteiger partial charge on any atom is 0.416 e. The minimum atomic E-state index is -4.36. The highest BCUT2D eigenvalue weighted by molar-refractivity contribution is 7.98. The molecule has 4 aromatic rings. The Balaban J connectivity index is 1.20. The number of halogens is 3. The zero-order chi connectivity index (χ0) is 27.6. The molecule has 1 fully saturated rings. The van der Waals surface area contributed by atoms with Gasteiger partial charge in [0.25, 0.3) is 10.0 Å². The van der Waals surface area contributed by atoms with Crippen LogP contribution in [0.15, 0.2) is 93.3 Å². The van der Waals surface area contributed by atoms with Gasteiger partial charge in [-0.05, 0) is 54.3 Å². The van der Waals surface area contributed by atoms with Crippen molar-refractivity contribution in [1.82, 2.24) is 9.62 Å². The summed E-state index contributed by atoms with van der Waals surface area (Å²) in [5.41, 5.74) is 1.37. The molecular formula is C28H25F3N2O4S2. The fourth-order valence-corrected chi connectivity index (χ4v) is 7.04. The molecule has 1 saturated heterocycles. The molecule has 39 heavy (non-hydrogen) atoms. The Kier molecular flexibility index (Phi) is 7.75. The topological polar surface area (TPSA) is 79.6 Å². The van der Waals surface area contributed by atoms with Gasteiger partial charge in [-0.1, -0.05) is 42.5 Å². The number of nitrogens with one attached hydrogen (secondary N) is 1. The Morgan fingerprint density at radius 3 is 2.51 bits per heavy atom. The van der Waals surface area contributed by atoms with E-state index in [0.29, 0.717) is 29.6 Å². The van der Waals surface area contributed by atoms with Gasteiger partial charge in [0.15, 0.2) is 0 Å². The fraction of sp³-hybridized carbons (Fsp3) is 0.250. The fourth-order valence-electron chi connectivity index (χ4n) is 4.50.